The fraction of sp³-hybridized carbons (Fsp3) is 0.333. The predicted molar refractivity (Wildman–Crippen MR) is 247 cm³/mol. The van der Waals surface area contributed by atoms with Crippen molar-refractivity contribution in [3.05, 3.63) is 167 Å². The first-order chi connectivity index (χ1) is 32.6. The summed E-state index contributed by atoms with van der Waals surface area (Å²) in [6.45, 7) is -0.443. The van der Waals surface area contributed by atoms with E-state index in [4.69, 9.17) is 14.2 Å². The molecule has 5 aromatic rings. The summed E-state index contributed by atoms with van der Waals surface area (Å²) in [6.07, 6.45) is 1.47. The molecule has 2 saturated heterocycles. The lowest BCUT2D eigenvalue weighted by molar-refractivity contribution is -0.178. The lowest BCUT2D eigenvalue weighted by Gasteiger charge is -2.46. The molecule has 1 spiro atoms. The van der Waals surface area contributed by atoms with Gasteiger partial charge in [0.1, 0.15) is 35.5 Å². The molecule has 9 rings (SSSR count). The maximum atomic E-state index is 16.3. The average Bonchev–Trinajstić information content (AvgIpc) is 3.69. The molecule has 1 saturated carbocycles. The van der Waals surface area contributed by atoms with E-state index >= 15 is 14.4 Å². The maximum absolute atomic E-state index is 16.3. The van der Waals surface area contributed by atoms with Crippen LogP contribution in [0.3, 0.4) is 0 Å². The van der Waals surface area contributed by atoms with Gasteiger partial charge in [0, 0.05) is 19.2 Å². The number of rotatable bonds is 10. The van der Waals surface area contributed by atoms with E-state index in [-0.39, 0.29) is 36.8 Å². The van der Waals surface area contributed by atoms with E-state index in [1.54, 1.807) is 60.7 Å². The number of carbonyl (C=O) groups is 4. The van der Waals surface area contributed by atoms with Gasteiger partial charge in [0.05, 0.1) is 36.4 Å². The van der Waals surface area contributed by atoms with Crippen molar-refractivity contribution in [1.29, 1.82) is 0 Å². The number of phenols is 1. The zero-order valence-electron chi connectivity index (χ0n) is 37.1. The number of aromatic hydroxyl groups is 1. The Morgan fingerprint density at radius 1 is 0.806 bits per heavy atom. The molecule has 3 heterocycles. The van der Waals surface area contributed by atoms with E-state index in [0.717, 1.165) is 30.6 Å². The number of aliphatic hydroxyl groups is 2. The van der Waals surface area contributed by atoms with Crippen LogP contribution >= 0.6 is 0 Å². The number of amides is 3. The summed E-state index contributed by atoms with van der Waals surface area (Å²) < 4.78 is 17.4. The third-order valence-corrected chi connectivity index (χ3v) is 13.7. The Morgan fingerprint density at radius 3 is 2.10 bits per heavy atom. The summed E-state index contributed by atoms with van der Waals surface area (Å²) in [4.78, 5) is 64.5. The van der Waals surface area contributed by atoms with Gasteiger partial charge in [0.2, 0.25) is 11.8 Å². The molecule has 5 aromatic carbocycles. The number of nitrogens with zero attached hydrogens (tertiary/aromatic N) is 2. The fourth-order valence-corrected chi connectivity index (χ4v) is 10.6. The van der Waals surface area contributed by atoms with Crippen LogP contribution < -0.4 is 10.2 Å². The Kier molecular flexibility index (Phi) is 13.0. The molecule has 3 amide bonds. The molecular formula is C54H53N3O10. The topological polar surface area (TPSA) is 175 Å². The second kappa shape index (κ2) is 19.2. The van der Waals surface area contributed by atoms with Crippen LogP contribution in [0.1, 0.15) is 96.2 Å². The summed E-state index contributed by atoms with van der Waals surface area (Å²) in [6, 6.07) is 35.0. The van der Waals surface area contributed by atoms with Gasteiger partial charge in [-0.15, -0.1) is 0 Å². The SMILES string of the molecule is COCCOC(=O)N1C(=O)[C@@]2(c3cc(C#CC4(O)CCCCCC4)ccc31)[C@H](c1ccc(O)cc1)N1[C@H](c3ccccc3)[C@H](c3ccccc3)OC(=O)[C@H]1[C@@H]2C(=O)NC[C@H](O)c1ccccc1. The Balaban J connectivity index is 1.31. The molecule has 13 nitrogen and oxygen atoms in total. The van der Waals surface area contributed by atoms with Crippen molar-refractivity contribution >= 4 is 29.6 Å². The first kappa shape index (κ1) is 45.3. The van der Waals surface area contributed by atoms with Gasteiger partial charge in [-0.05, 0) is 83.8 Å². The van der Waals surface area contributed by atoms with Gasteiger partial charge in [-0.3, -0.25) is 19.3 Å². The van der Waals surface area contributed by atoms with Gasteiger partial charge in [-0.25, -0.2) is 9.69 Å². The molecule has 0 radical (unpaired) electrons. The van der Waals surface area contributed by atoms with Crippen molar-refractivity contribution < 1.29 is 48.7 Å². The minimum atomic E-state index is -2.12. The highest BCUT2D eigenvalue weighted by Crippen LogP contribution is 2.66. The zero-order valence-corrected chi connectivity index (χ0v) is 37.1. The third-order valence-electron chi connectivity index (χ3n) is 13.7. The normalized spacial score (nSPS) is 24.6. The van der Waals surface area contributed by atoms with Crippen LogP contribution in [-0.2, 0) is 34.0 Å². The number of esters is 1. The Hall–Kier alpha value is -6.82. The molecule has 7 atom stereocenters. The molecule has 67 heavy (non-hydrogen) atoms. The molecule has 4 aliphatic rings. The van der Waals surface area contributed by atoms with Crippen molar-refractivity contribution in [2.75, 3.05) is 31.8 Å². The largest absolute Gasteiger partial charge is 0.508 e. The van der Waals surface area contributed by atoms with Crippen LogP contribution in [0.5, 0.6) is 5.75 Å². The van der Waals surface area contributed by atoms with E-state index in [1.165, 1.54) is 19.2 Å². The van der Waals surface area contributed by atoms with E-state index < -0.39 is 71.1 Å². The Labute approximate surface area is 389 Å². The second-order valence-corrected chi connectivity index (χ2v) is 17.7. The van der Waals surface area contributed by atoms with Crippen molar-refractivity contribution in [2.24, 2.45) is 5.92 Å². The van der Waals surface area contributed by atoms with Crippen molar-refractivity contribution in [3.63, 3.8) is 0 Å². The number of cyclic esters (lactones) is 1. The van der Waals surface area contributed by atoms with Crippen molar-refractivity contribution in [2.45, 2.75) is 79.9 Å². The van der Waals surface area contributed by atoms with E-state index in [0.29, 0.717) is 40.7 Å². The number of nitrogens with one attached hydrogen (secondary N) is 1. The van der Waals surface area contributed by atoms with Crippen LogP contribution in [0.25, 0.3) is 0 Å². The second-order valence-electron chi connectivity index (χ2n) is 17.7. The molecular weight excluding hydrogens is 851 g/mol. The average molecular weight is 904 g/mol. The summed E-state index contributed by atoms with van der Waals surface area (Å²) in [7, 11) is 1.45. The number of methoxy groups -OCH3 is 1. The van der Waals surface area contributed by atoms with Gasteiger partial charge >= 0.3 is 12.1 Å². The number of aliphatic hydroxyl groups excluding tert-OH is 1. The maximum Gasteiger partial charge on any atom is 0.421 e. The first-order valence-electron chi connectivity index (χ1n) is 22.8. The molecule has 1 aliphatic carbocycles. The highest BCUT2D eigenvalue weighted by atomic mass is 16.6. The number of benzene rings is 5. The van der Waals surface area contributed by atoms with Gasteiger partial charge in [-0.2, -0.15) is 0 Å². The number of carbonyl (C=O) groups excluding carboxylic acids is 4. The van der Waals surface area contributed by atoms with E-state index in [9.17, 15) is 20.1 Å². The Bertz CT molecular complexity index is 2660. The smallest absolute Gasteiger partial charge is 0.421 e. The van der Waals surface area contributed by atoms with Gasteiger partial charge in [0.15, 0.2) is 0 Å². The number of hydrogen-bond acceptors (Lipinski definition) is 11. The van der Waals surface area contributed by atoms with Crippen LogP contribution in [0.4, 0.5) is 10.5 Å². The summed E-state index contributed by atoms with van der Waals surface area (Å²) in [5.41, 5.74) is -0.280. The van der Waals surface area contributed by atoms with Gasteiger partial charge in [0.25, 0.3) is 0 Å². The molecule has 13 heteroatoms. The van der Waals surface area contributed by atoms with Gasteiger partial charge < -0.3 is 34.8 Å². The minimum absolute atomic E-state index is 0.0371. The van der Waals surface area contributed by atoms with E-state index in [1.807, 2.05) is 65.6 Å². The van der Waals surface area contributed by atoms with Gasteiger partial charge in [-0.1, -0.05) is 128 Å². The number of fused-ring (bicyclic) bond motifs is 3. The lowest BCUT2D eigenvalue weighted by atomic mass is 9.65. The molecule has 3 aliphatic heterocycles. The monoisotopic (exact) mass is 903 g/mol. The summed E-state index contributed by atoms with van der Waals surface area (Å²) >= 11 is 0. The van der Waals surface area contributed by atoms with Crippen LogP contribution in [0, 0.1) is 17.8 Å². The first-order valence-corrected chi connectivity index (χ1v) is 22.8. The number of imide groups is 1. The molecule has 0 bridgehead atoms. The standard InChI is InChI=1S/C54H53N3O10/c1-65-31-32-66-52(63)56-42-26-21-35(27-30-53(64)28-13-2-3-14-29-53)33-41(42)54(51(56)62)44(49(60)55-34-43(59)36-15-7-4-8-16-36)46-50(61)67-47(38-19-11-6-12-20-38)45(37-17-9-5-10-18-37)57(46)48(54)39-22-24-40(58)25-23-39/h4-12,15-26,33,43-48,58-59,64H,2-3,13-14,28-29,31-32,34H2,1H3,(H,55,60)/t43-,44+,45+,46+,47-,48-,54+/m0/s1. The number of ether oxygens (including phenoxy) is 3. The lowest BCUT2D eigenvalue weighted by Crippen LogP contribution is -2.56. The number of hydrogen-bond donors (Lipinski definition) is 4. The molecule has 344 valence electrons. The zero-order chi connectivity index (χ0) is 46.7. The van der Waals surface area contributed by atoms with Crippen LogP contribution in [-0.4, -0.2) is 82.6 Å². The highest BCUT2D eigenvalue weighted by molar-refractivity contribution is 6.23. The van der Waals surface area contributed by atoms with Crippen LogP contribution in [0.2, 0.25) is 0 Å². The molecule has 0 aromatic heterocycles. The van der Waals surface area contributed by atoms with Crippen LogP contribution in [0.15, 0.2) is 133 Å². The summed E-state index contributed by atoms with van der Waals surface area (Å²) in [5.74, 6) is 2.24. The molecule has 4 N–H and O–H groups in total. The molecule has 3 fully saturated rings. The summed E-state index contributed by atoms with van der Waals surface area (Å²) in [5, 5.41) is 36.7. The fourth-order valence-electron chi connectivity index (χ4n) is 10.6. The highest BCUT2D eigenvalue weighted by Gasteiger charge is 2.75. The number of phenolic OH excluding ortho intramolecular Hbond substituents is 1. The number of morpholine rings is 1. The van der Waals surface area contributed by atoms with Crippen molar-refractivity contribution in [3.8, 4) is 17.6 Å². The van der Waals surface area contributed by atoms with E-state index in [2.05, 4.69) is 17.2 Å². The number of anilines is 1. The van der Waals surface area contributed by atoms with Crippen molar-refractivity contribution in [1.82, 2.24) is 10.2 Å². The minimum Gasteiger partial charge on any atom is -0.508 e. The Morgan fingerprint density at radius 2 is 1.45 bits per heavy atom. The predicted octanol–water partition coefficient (Wildman–Crippen LogP) is 7.13. The molecule has 0 unspecified atom stereocenters. The third kappa shape index (κ3) is 8.47. The quantitative estimate of drug-likeness (QED) is 0.0486.